The van der Waals surface area contributed by atoms with E-state index >= 15 is 0 Å². The van der Waals surface area contributed by atoms with Gasteiger partial charge in [0, 0.05) is 17.1 Å². The molecule has 0 saturated heterocycles. The molecule has 2 aromatic rings. The van der Waals surface area contributed by atoms with Crippen molar-refractivity contribution in [3.8, 4) is 5.75 Å². The molecular formula is C15H17NOS. The first-order chi connectivity index (χ1) is 8.81. The van der Waals surface area contributed by atoms with Gasteiger partial charge in [-0.15, -0.1) is 11.8 Å². The van der Waals surface area contributed by atoms with Gasteiger partial charge in [0.05, 0.1) is 7.11 Å². The van der Waals surface area contributed by atoms with E-state index in [1.807, 2.05) is 18.2 Å². The van der Waals surface area contributed by atoms with Gasteiger partial charge in [-0.3, -0.25) is 0 Å². The fourth-order valence-corrected chi connectivity index (χ4v) is 2.18. The summed E-state index contributed by atoms with van der Waals surface area (Å²) in [5, 5.41) is 3.42. The lowest BCUT2D eigenvalue weighted by Crippen LogP contribution is -1.99. The van der Waals surface area contributed by atoms with Gasteiger partial charge in [-0.1, -0.05) is 18.2 Å². The molecule has 0 spiro atoms. The Morgan fingerprint density at radius 1 is 1.11 bits per heavy atom. The van der Waals surface area contributed by atoms with Crippen LogP contribution in [0, 0.1) is 0 Å². The van der Waals surface area contributed by atoms with Crippen LogP contribution in [0.3, 0.4) is 0 Å². The molecule has 0 aromatic heterocycles. The Balaban J connectivity index is 2.01. The molecule has 18 heavy (non-hydrogen) atoms. The second-order valence-corrected chi connectivity index (χ2v) is 4.82. The highest BCUT2D eigenvalue weighted by atomic mass is 32.2. The fraction of sp³-hybridized carbons (Fsp3) is 0.200. The van der Waals surface area contributed by atoms with Crippen molar-refractivity contribution in [3.63, 3.8) is 0 Å². The van der Waals surface area contributed by atoms with E-state index < -0.39 is 0 Å². The van der Waals surface area contributed by atoms with Gasteiger partial charge in [0.25, 0.3) is 0 Å². The largest absolute Gasteiger partial charge is 0.497 e. The average Bonchev–Trinajstić information content (AvgIpc) is 2.45. The molecule has 0 saturated carbocycles. The number of ether oxygens (including phenoxy) is 1. The van der Waals surface area contributed by atoms with E-state index in [0.29, 0.717) is 0 Å². The molecule has 0 radical (unpaired) electrons. The Morgan fingerprint density at radius 2 is 1.94 bits per heavy atom. The second kappa shape index (κ2) is 6.36. The van der Waals surface area contributed by atoms with Gasteiger partial charge < -0.3 is 10.1 Å². The smallest absolute Gasteiger partial charge is 0.119 e. The summed E-state index contributed by atoms with van der Waals surface area (Å²) in [6.07, 6.45) is 2.08. The van der Waals surface area contributed by atoms with Crippen LogP contribution in [0.2, 0.25) is 0 Å². The number of anilines is 1. The first-order valence-electron chi connectivity index (χ1n) is 5.82. The number of hydrogen-bond donors (Lipinski definition) is 1. The van der Waals surface area contributed by atoms with Gasteiger partial charge in [0.1, 0.15) is 5.75 Å². The maximum absolute atomic E-state index is 5.21. The molecule has 1 N–H and O–H groups in total. The molecule has 3 heteroatoms. The van der Waals surface area contributed by atoms with Crippen LogP contribution in [0.1, 0.15) is 5.56 Å². The van der Waals surface area contributed by atoms with Crippen molar-refractivity contribution in [1.29, 1.82) is 0 Å². The van der Waals surface area contributed by atoms with Crippen molar-refractivity contribution in [1.82, 2.24) is 0 Å². The van der Waals surface area contributed by atoms with Crippen LogP contribution in [0.5, 0.6) is 5.75 Å². The summed E-state index contributed by atoms with van der Waals surface area (Å²) in [6.45, 7) is 0.801. The second-order valence-electron chi connectivity index (χ2n) is 3.94. The molecule has 2 nitrogen and oxygen atoms in total. The lowest BCUT2D eigenvalue weighted by molar-refractivity contribution is 0.414. The van der Waals surface area contributed by atoms with E-state index in [2.05, 4.69) is 41.9 Å². The van der Waals surface area contributed by atoms with Gasteiger partial charge in [-0.2, -0.15) is 0 Å². The summed E-state index contributed by atoms with van der Waals surface area (Å²) in [5.41, 5.74) is 2.36. The summed E-state index contributed by atoms with van der Waals surface area (Å²) in [6, 6.07) is 16.5. The van der Waals surface area contributed by atoms with E-state index in [9.17, 15) is 0 Å². The van der Waals surface area contributed by atoms with Crippen molar-refractivity contribution in [3.05, 3.63) is 54.1 Å². The Bertz CT molecular complexity index is 466. The van der Waals surface area contributed by atoms with Gasteiger partial charge in [0.2, 0.25) is 0 Å². The molecule has 0 aliphatic carbocycles. The predicted octanol–water partition coefficient (Wildman–Crippen LogP) is 4.03. The van der Waals surface area contributed by atoms with E-state index in [1.54, 1.807) is 18.9 Å². The predicted molar refractivity (Wildman–Crippen MR) is 78.5 cm³/mol. The molecule has 0 heterocycles. The van der Waals surface area contributed by atoms with Gasteiger partial charge in [-0.05, 0) is 42.2 Å². The Hall–Kier alpha value is -1.61. The Morgan fingerprint density at radius 3 is 2.72 bits per heavy atom. The number of benzene rings is 2. The third kappa shape index (κ3) is 3.44. The number of methoxy groups -OCH3 is 1. The number of thioether (sulfide) groups is 1. The summed E-state index contributed by atoms with van der Waals surface area (Å²) >= 11 is 1.75. The summed E-state index contributed by atoms with van der Waals surface area (Å²) in [5.74, 6) is 0.896. The zero-order chi connectivity index (χ0) is 12.8. The SMILES string of the molecule is COc1cccc(CNc2cccc(SC)c2)c1. The molecule has 0 unspecified atom stereocenters. The standard InChI is InChI=1S/C15H17NOS/c1-17-14-7-3-5-12(9-14)11-16-13-6-4-8-15(10-13)18-2/h3-10,16H,11H2,1-2H3. The Labute approximate surface area is 112 Å². The lowest BCUT2D eigenvalue weighted by Gasteiger charge is -2.08. The highest BCUT2D eigenvalue weighted by Crippen LogP contribution is 2.20. The molecule has 0 bridgehead atoms. The van der Waals surface area contributed by atoms with E-state index in [4.69, 9.17) is 4.74 Å². The normalized spacial score (nSPS) is 10.1. The van der Waals surface area contributed by atoms with E-state index in [0.717, 1.165) is 18.0 Å². The zero-order valence-corrected chi connectivity index (χ0v) is 11.5. The van der Waals surface area contributed by atoms with Crippen molar-refractivity contribution in [2.75, 3.05) is 18.7 Å². The topological polar surface area (TPSA) is 21.3 Å². The number of hydrogen-bond acceptors (Lipinski definition) is 3. The minimum Gasteiger partial charge on any atom is -0.497 e. The molecular weight excluding hydrogens is 242 g/mol. The molecule has 94 valence electrons. The maximum Gasteiger partial charge on any atom is 0.119 e. The summed E-state index contributed by atoms with van der Waals surface area (Å²) < 4.78 is 5.21. The summed E-state index contributed by atoms with van der Waals surface area (Å²) in [4.78, 5) is 1.27. The zero-order valence-electron chi connectivity index (χ0n) is 10.6. The molecule has 0 amide bonds. The summed E-state index contributed by atoms with van der Waals surface area (Å²) in [7, 11) is 1.69. The highest BCUT2D eigenvalue weighted by molar-refractivity contribution is 7.98. The monoisotopic (exact) mass is 259 g/mol. The minimum atomic E-state index is 0.801. The third-order valence-corrected chi connectivity index (χ3v) is 3.43. The first-order valence-corrected chi connectivity index (χ1v) is 7.05. The van der Waals surface area contributed by atoms with Gasteiger partial charge >= 0.3 is 0 Å². The van der Waals surface area contributed by atoms with Crippen LogP contribution in [-0.4, -0.2) is 13.4 Å². The minimum absolute atomic E-state index is 0.801. The third-order valence-electron chi connectivity index (χ3n) is 2.70. The quantitative estimate of drug-likeness (QED) is 0.819. The molecule has 0 aliphatic heterocycles. The van der Waals surface area contributed by atoms with Crippen LogP contribution < -0.4 is 10.1 Å². The van der Waals surface area contributed by atoms with Gasteiger partial charge in [0.15, 0.2) is 0 Å². The first kappa shape index (κ1) is 12.8. The number of rotatable bonds is 5. The van der Waals surface area contributed by atoms with Gasteiger partial charge in [-0.25, -0.2) is 0 Å². The van der Waals surface area contributed by atoms with Crippen molar-refractivity contribution in [2.45, 2.75) is 11.4 Å². The molecule has 2 rings (SSSR count). The van der Waals surface area contributed by atoms with E-state index in [-0.39, 0.29) is 0 Å². The molecule has 0 atom stereocenters. The van der Waals surface area contributed by atoms with Crippen molar-refractivity contribution in [2.24, 2.45) is 0 Å². The van der Waals surface area contributed by atoms with Crippen molar-refractivity contribution >= 4 is 17.4 Å². The highest BCUT2D eigenvalue weighted by Gasteiger charge is 1.97. The van der Waals surface area contributed by atoms with Crippen LogP contribution >= 0.6 is 11.8 Å². The number of nitrogens with one attached hydrogen (secondary N) is 1. The van der Waals surface area contributed by atoms with Crippen LogP contribution in [0.25, 0.3) is 0 Å². The lowest BCUT2D eigenvalue weighted by atomic mass is 10.2. The van der Waals surface area contributed by atoms with Crippen molar-refractivity contribution < 1.29 is 4.74 Å². The molecule has 0 aliphatic rings. The van der Waals surface area contributed by atoms with E-state index in [1.165, 1.54) is 10.5 Å². The molecule has 0 fully saturated rings. The van der Waals surface area contributed by atoms with Crippen LogP contribution in [0.15, 0.2) is 53.4 Å². The maximum atomic E-state index is 5.21. The molecule has 2 aromatic carbocycles. The average molecular weight is 259 g/mol. The van der Waals surface area contributed by atoms with Crippen LogP contribution in [-0.2, 0) is 6.54 Å². The van der Waals surface area contributed by atoms with Crippen LogP contribution in [0.4, 0.5) is 5.69 Å². The Kier molecular flexibility index (Phi) is 4.53. The fourth-order valence-electron chi connectivity index (χ4n) is 1.72.